The van der Waals surface area contributed by atoms with Gasteiger partial charge in [0.1, 0.15) is 22.7 Å². The summed E-state index contributed by atoms with van der Waals surface area (Å²) in [5, 5.41) is 24.8. The maximum absolute atomic E-state index is 13.8. The van der Waals surface area contributed by atoms with E-state index in [1.807, 2.05) is 13.8 Å². The second kappa shape index (κ2) is 18.7. The van der Waals surface area contributed by atoms with Gasteiger partial charge in [-0.1, -0.05) is 12.2 Å². The van der Waals surface area contributed by atoms with Gasteiger partial charge in [0.15, 0.2) is 0 Å². The molecule has 1 fully saturated rings. The molecule has 0 atom stereocenters. The van der Waals surface area contributed by atoms with Crippen LogP contribution < -0.4 is 26.8 Å². The molecule has 21 nitrogen and oxygen atoms in total. The number of carbonyl (C=O) groups is 5. The number of fused-ring (bicyclic) bond motifs is 2. The average molecular weight is 864 g/mol. The van der Waals surface area contributed by atoms with Crippen LogP contribution in [-0.4, -0.2) is 118 Å². The molecular weight excluding hydrogens is 815 g/mol. The molecule has 5 heterocycles. The normalized spacial score (nSPS) is 13.3. The molecule has 1 saturated heterocycles. The number of amides is 4. The first-order chi connectivity index (χ1) is 30.3. The van der Waals surface area contributed by atoms with Crippen molar-refractivity contribution in [2.45, 2.75) is 60.3 Å². The fourth-order valence-corrected chi connectivity index (χ4v) is 7.53. The molecular formula is C42H49N13O8. The molecule has 330 valence electrons. The lowest BCUT2D eigenvalue weighted by molar-refractivity contribution is 0.0358. The van der Waals surface area contributed by atoms with E-state index in [1.165, 1.54) is 21.4 Å². The molecule has 2 aromatic carbocycles. The van der Waals surface area contributed by atoms with Crippen LogP contribution in [0.3, 0.4) is 0 Å². The number of allylic oxidation sites excluding steroid dienone is 2. The summed E-state index contributed by atoms with van der Waals surface area (Å²) in [7, 11) is 0. The first kappa shape index (κ1) is 43.7. The molecule has 4 amide bonds. The van der Waals surface area contributed by atoms with E-state index in [1.54, 1.807) is 53.4 Å². The first-order valence-electron chi connectivity index (χ1n) is 20.5. The van der Waals surface area contributed by atoms with Crippen LogP contribution in [0.5, 0.6) is 5.75 Å². The zero-order valence-electron chi connectivity index (χ0n) is 35.4. The molecule has 0 unspecified atom stereocenters. The molecule has 21 heteroatoms. The summed E-state index contributed by atoms with van der Waals surface area (Å²) in [6.07, 6.45) is 4.16. The van der Waals surface area contributed by atoms with Gasteiger partial charge in [-0.2, -0.15) is 10.2 Å². The van der Waals surface area contributed by atoms with Gasteiger partial charge in [0, 0.05) is 56.9 Å². The molecule has 63 heavy (non-hydrogen) atoms. The fourth-order valence-electron chi connectivity index (χ4n) is 7.53. The van der Waals surface area contributed by atoms with Crippen molar-refractivity contribution in [2.24, 2.45) is 11.5 Å². The van der Waals surface area contributed by atoms with E-state index < -0.39 is 29.6 Å². The van der Waals surface area contributed by atoms with Gasteiger partial charge in [-0.3, -0.25) is 44.1 Å². The second-order valence-corrected chi connectivity index (χ2v) is 14.9. The molecule has 1 aliphatic heterocycles. The number of aromatic carboxylic acids is 1. The summed E-state index contributed by atoms with van der Waals surface area (Å²) >= 11 is 0. The summed E-state index contributed by atoms with van der Waals surface area (Å²) < 4.78 is 18.1. The number of hydrogen-bond donors (Lipinski definition) is 5. The number of anilines is 2. The summed E-state index contributed by atoms with van der Waals surface area (Å²) in [6, 6.07) is 8.90. The Hall–Kier alpha value is -7.39. The number of primary amides is 2. The second-order valence-electron chi connectivity index (χ2n) is 14.9. The predicted molar refractivity (Wildman–Crippen MR) is 231 cm³/mol. The van der Waals surface area contributed by atoms with Crippen LogP contribution in [0.1, 0.15) is 83.7 Å². The highest BCUT2D eigenvalue weighted by atomic mass is 16.5. The Morgan fingerprint density at radius 2 is 1.27 bits per heavy atom. The van der Waals surface area contributed by atoms with E-state index >= 15 is 0 Å². The number of nitrogens with two attached hydrogens (primary N) is 2. The number of morpholine rings is 1. The molecule has 4 aromatic heterocycles. The lowest BCUT2D eigenvalue weighted by Crippen LogP contribution is -2.37. The summed E-state index contributed by atoms with van der Waals surface area (Å²) in [4.78, 5) is 76.4. The van der Waals surface area contributed by atoms with Crippen molar-refractivity contribution in [3.63, 3.8) is 0 Å². The number of carboxylic acids is 1. The van der Waals surface area contributed by atoms with Crippen LogP contribution in [-0.2, 0) is 30.9 Å². The third-order valence-corrected chi connectivity index (χ3v) is 10.5. The minimum absolute atomic E-state index is 0.000820. The number of benzene rings is 2. The highest BCUT2D eigenvalue weighted by Gasteiger charge is 2.25. The number of aromatic nitrogens is 8. The van der Waals surface area contributed by atoms with Gasteiger partial charge in [0.05, 0.1) is 53.3 Å². The Morgan fingerprint density at radius 1 is 0.762 bits per heavy atom. The Balaban J connectivity index is 1.27. The van der Waals surface area contributed by atoms with Crippen molar-refractivity contribution < 1.29 is 38.6 Å². The summed E-state index contributed by atoms with van der Waals surface area (Å²) in [5.74, 6) is -3.44. The largest absolute Gasteiger partial charge is 0.491 e. The van der Waals surface area contributed by atoms with Gasteiger partial charge in [-0.15, -0.1) is 0 Å². The van der Waals surface area contributed by atoms with E-state index in [9.17, 15) is 29.1 Å². The number of aryl methyl sites for hydroxylation is 4. The summed E-state index contributed by atoms with van der Waals surface area (Å²) in [5.41, 5.74) is 14.0. The van der Waals surface area contributed by atoms with Crippen LogP contribution in [0.4, 0.5) is 11.9 Å². The van der Waals surface area contributed by atoms with Crippen LogP contribution in [0.25, 0.3) is 22.1 Å². The average Bonchev–Trinajstić information content (AvgIpc) is 4.02. The van der Waals surface area contributed by atoms with Crippen LogP contribution in [0.15, 0.2) is 48.6 Å². The third kappa shape index (κ3) is 9.43. The highest BCUT2D eigenvalue weighted by Crippen LogP contribution is 2.32. The summed E-state index contributed by atoms with van der Waals surface area (Å²) in [6.45, 7) is 12.2. The van der Waals surface area contributed by atoms with Crippen molar-refractivity contribution >= 4 is 63.6 Å². The lowest BCUT2D eigenvalue weighted by Gasteiger charge is -2.26. The lowest BCUT2D eigenvalue weighted by atomic mass is 10.1. The Morgan fingerprint density at radius 3 is 1.78 bits per heavy atom. The molecule has 7 N–H and O–H groups in total. The molecule has 6 aromatic rings. The number of carbonyl (C=O) groups excluding carboxylic acids is 4. The zero-order chi connectivity index (χ0) is 44.9. The smallest absolute Gasteiger partial charge is 0.337 e. The van der Waals surface area contributed by atoms with Crippen LogP contribution in [0.2, 0.25) is 0 Å². The zero-order valence-corrected chi connectivity index (χ0v) is 35.4. The highest BCUT2D eigenvalue weighted by molar-refractivity contribution is 6.08. The molecule has 0 bridgehead atoms. The molecule has 0 radical (unpaired) electrons. The van der Waals surface area contributed by atoms with E-state index in [-0.39, 0.29) is 58.4 Å². The van der Waals surface area contributed by atoms with Crippen molar-refractivity contribution in [3.8, 4) is 5.75 Å². The number of hydrogen-bond acceptors (Lipinski definition) is 12. The minimum atomic E-state index is -1.34. The molecule has 7 rings (SSSR count). The van der Waals surface area contributed by atoms with E-state index in [0.29, 0.717) is 73.2 Å². The Bertz CT molecular complexity index is 2770. The van der Waals surface area contributed by atoms with E-state index in [4.69, 9.17) is 25.9 Å². The number of nitrogens with one attached hydrogen (secondary N) is 2. The number of carboxylic acid groups (broad SMARTS) is 1. The SMILES string of the molecule is CCn1nc(C)cc1C(=O)Nc1nc2cc(C(N)=O)cc(OCCCN3CCOCC3)c2n1C/C=C/Cn1c(NC(=O)c2cc(C)nn2CC)nc2cc(C(N)=O)cc(C(=O)O)c21. The maximum atomic E-state index is 13.8. The molecule has 0 saturated carbocycles. The van der Waals surface area contributed by atoms with Gasteiger partial charge in [-0.25, -0.2) is 14.8 Å². The van der Waals surface area contributed by atoms with Crippen molar-refractivity contribution in [1.29, 1.82) is 0 Å². The van der Waals surface area contributed by atoms with Gasteiger partial charge >= 0.3 is 5.97 Å². The van der Waals surface area contributed by atoms with Crippen LogP contribution in [0, 0.1) is 13.8 Å². The molecule has 1 aliphatic rings. The third-order valence-electron chi connectivity index (χ3n) is 10.5. The molecule has 0 aliphatic carbocycles. The standard InChI is InChI=1S/C42H49N13O8/c1-5-54-31(18-24(3)49-54)38(58)47-41-45-29-21-26(36(43)56)20-28(40(60)61)34(29)52(41)11-7-8-12-53-35-30(46-42(53)48-39(59)32-19-25(4)50-55(32)6-2)22-27(37(44)57)23-33(35)63-15-9-10-51-13-16-62-17-14-51/h7-8,18-23H,5-6,9-17H2,1-4H3,(H2,43,56)(H2,44,57)(H,60,61)(H,45,47,58)(H,46,48,59)/b8-7+. The Kier molecular flexibility index (Phi) is 13.0. The van der Waals surface area contributed by atoms with Crippen molar-refractivity contribution in [2.75, 3.05) is 50.1 Å². The van der Waals surface area contributed by atoms with Crippen molar-refractivity contribution in [1.82, 2.24) is 43.6 Å². The quantitative estimate of drug-likeness (QED) is 0.0614. The van der Waals surface area contributed by atoms with Gasteiger partial charge in [0.2, 0.25) is 23.7 Å². The monoisotopic (exact) mass is 863 g/mol. The minimum Gasteiger partial charge on any atom is -0.491 e. The number of imidazole rings is 2. The van der Waals surface area contributed by atoms with Crippen molar-refractivity contribution in [3.05, 3.63) is 88.0 Å². The molecule has 0 spiro atoms. The van der Waals surface area contributed by atoms with E-state index in [2.05, 4.69) is 30.7 Å². The van der Waals surface area contributed by atoms with Gasteiger partial charge < -0.3 is 35.2 Å². The van der Waals surface area contributed by atoms with Crippen LogP contribution >= 0.6 is 0 Å². The first-order valence-corrected chi connectivity index (χ1v) is 20.5. The van der Waals surface area contributed by atoms with E-state index in [0.717, 1.165) is 25.7 Å². The van der Waals surface area contributed by atoms with Gasteiger partial charge in [-0.05, 0) is 70.5 Å². The number of ether oxygens (including phenoxy) is 2. The Labute approximate surface area is 360 Å². The predicted octanol–water partition coefficient (Wildman–Crippen LogP) is 3.19. The number of rotatable bonds is 18. The maximum Gasteiger partial charge on any atom is 0.337 e. The number of nitrogens with zero attached hydrogens (tertiary/aromatic N) is 9. The van der Waals surface area contributed by atoms with Gasteiger partial charge in [0.25, 0.3) is 11.8 Å². The topological polar surface area (TPSA) is 275 Å². The fraction of sp³-hybridized carbons (Fsp3) is 0.357.